The van der Waals surface area contributed by atoms with Gasteiger partial charge in [0.1, 0.15) is 0 Å². The highest BCUT2D eigenvalue weighted by molar-refractivity contribution is 4.65. The van der Waals surface area contributed by atoms with E-state index in [9.17, 15) is 0 Å². The number of rotatable bonds is 23. The van der Waals surface area contributed by atoms with Gasteiger partial charge in [-0.15, -0.1) is 0 Å². The first kappa shape index (κ1) is 25.9. The summed E-state index contributed by atoms with van der Waals surface area (Å²) >= 11 is 0. The Balaban J connectivity index is 2.95. The summed E-state index contributed by atoms with van der Waals surface area (Å²) in [5.74, 6) is 0. The van der Waals surface area contributed by atoms with Crippen LogP contribution in [0.4, 0.5) is 0 Å². The molecule has 0 atom stereocenters. The molecule has 0 heterocycles. The van der Waals surface area contributed by atoms with Crippen molar-refractivity contribution in [1.82, 2.24) is 5.32 Å². The normalized spacial score (nSPS) is 11.3. The van der Waals surface area contributed by atoms with Crippen LogP contribution in [0.1, 0.15) is 129 Å². The first-order valence-electron chi connectivity index (χ1n) is 12.1. The average Bonchev–Trinajstić information content (AvgIpc) is 2.66. The van der Waals surface area contributed by atoms with Crippen LogP contribution in [0.2, 0.25) is 0 Å². The molecule has 0 aromatic rings. The van der Waals surface area contributed by atoms with Gasteiger partial charge < -0.3 is 11.1 Å². The van der Waals surface area contributed by atoms with Crippen LogP contribution >= 0.6 is 0 Å². The first-order valence-corrected chi connectivity index (χ1v) is 12.1. The molecule has 0 amide bonds. The van der Waals surface area contributed by atoms with Crippen molar-refractivity contribution in [3.8, 4) is 0 Å². The Bertz CT molecular complexity index is 206. The molecule has 0 aliphatic carbocycles. The van der Waals surface area contributed by atoms with E-state index in [-0.39, 0.29) is 0 Å². The fourth-order valence-corrected chi connectivity index (χ4v) is 3.53. The number of hydrogen-bond donors (Lipinski definition) is 2. The lowest BCUT2D eigenvalue weighted by atomic mass is 10.0. The Morgan fingerprint density at radius 2 is 0.962 bits per heavy atom. The fourth-order valence-electron chi connectivity index (χ4n) is 3.53. The van der Waals surface area contributed by atoms with Crippen LogP contribution in [0.15, 0.2) is 0 Å². The van der Waals surface area contributed by atoms with Gasteiger partial charge in [-0.1, -0.05) is 110 Å². The van der Waals surface area contributed by atoms with Crippen molar-refractivity contribution in [3.63, 3.8) is 0 Å². The van der Waals surface area contributed by atoms with Gasteiger partial charge in [0, 0.05) is 0 Å². The minimum atomic E-state index is 0.804. The Labute approximate surface area is 166 Å². The zero-order chi connectivity index (χ0) is 19.0. The highest BCUT2D eigenvalue weighted by Gasteiger charge is 1.95. The molecule has 0 saturated carbocycles. The van der Waals surface area contributed by atoms with Gasteiger partial charge in [0.05, 0.1) is 0 Å². The molecule has 0 spiro atoms. The lowest BCUT2D eigenvalue weighted by Crippen LogP contribution is -2.19. The number of unbranched alkanes of at least 4 members (excludes halogenated alkanes) is 18. The molecule has 2 nitrogen and oxygen atoms in total. The van der Waals surface area contributed by atoms with Crippen molar-refractivity contribution in [1.29, 1.82) is 0 Å². The van der Waals surface area contributed by atoms with Crippen LogP contribution in [0.25, 0.3) is 0 Å². The second-order valence-electron chi connectivity index (χ2n) is 8.06. The lowest BCUT2D eigenvalue weighted by molar-refractivity contribution is 0.531. The van der Waals surface area contributed by atoms with E-state index < -0.39 is 0 Å². The predicted molar refractivity (Wildman–Crippen MR) is 120 cm³/mol. The largest absolute Gasteiger partial charge is 0.330 e. The molecule has 157 valence electrons. The third-order valence-electron chi connectivity index (χ3n) is 5.33. The molecular weight excluding hydrogens is 316 g/mol. The molecule has 0 aliphatic rings. The summed E-state index contributed by atoms with van der Waals surface area (Å²) in [6.07, 6.45) is 29.3. The zero-order valence-corrected chi connectivity index (χ0v) is 18.2. The zero-order valence-electron chi connectivity index (χ0n) is 18.2. The van der Waals surface area contributed by atoms with Gasteiger partial charge in [0.25, 0.3) is 0 Å². The first-order chi connectivity index (χ1) is 12.9. The maximum Gasteiger partial charge on any atom is -0.00369 e. The Kier molecular flexibility index (Phi) is 24.8. The van der Waals surface area contributed by atoms with E-state index in [0.717, 1.165) is 26.1 Å². The molecule has 2 heteroatoms. The predicted octanol–water partition coefficient (Wildman–Crippen LogP) is 7.17. The Morgan fingerprint density at radius 1 is 0.538 bits per heavy atom. The van der Waals surface area contributed by atoms with Gasteiger partial charge in [-0.05, 0) is 45.3 Å². The average molecular weight is 368 g/mol. The molecular formula is C24H51N2. The SMILES string of the molecule is CCCCCCCCCCCCCCCCC[CH]CCCNCCCN. The van der Waals surface area contributed by atoms with Crippen LogP contribution in [-0.4, -0.2) is 19.6 Å². The minimum absolute atomic E-state index is 0.804. The monoisotopic (exact) mass is 367 g/mol. The van der Waals surface area contributed by atoms with Gasteiger partial charge >= 0.3 is 0 Å². The van der Waals surface area contributed by atoms with Crippen LogP contribution < -0.4 is 11.1 Å². The second-order valence-corrected chi connectivity index (χ2v) is 8.06. The maximum atomic E-state index is 5.47. The number of nitrogens with one attached hydrogen (secondary N) is 1. The van der Waals surface area contributed by atoms with Gasteiger partial charge in [-0.3, -0.25) is 0 Å². The molecule has 0 saturated heterocycles. The van der Waals surface area contributed by atoms with E-state index in [0.29, 0.717) is 0 Å². The van der Waals surface area contributed by atoms with E-state index >= 15 is 0 Å². The smallest absolute Gasteiger partial charge is 0.00369 e. The third kappa shape index (κ3) is 23.9. The fraction of sp³-hybridized carbons (Fsp3) is 0.958. The van der Waals surface area contributed by atoms with E-state index in [1.165, 1.54) is 116 Å². The summed E-state index contributed by atoms with van der Waals surface area (Å²) in [4.78, 5) is 0. The van der Waals surface area contributed by atoms with Crippen molar-refractivity contribution >= 4 is 0 Å². The third-order valence-corrected chi connectivity index (χ3v) is 5.33. The highest BCUT2D eigenvalue weighted by Crippen LogP contribution is 2.14. The highest BCUT2D eigenvalue weighted by atomic mass is 14.8. The molecule has 3 N–H and O–H groups in total. The van der Waals surface area contributed by atoms with Crippen LogP contribution in [0.5, 0.6) is 0 Å². The van der Waals surface area contributed by atoms with Crippen LogP contribution in [0, 0.1) is 6.42 Å². The van der Waals surface area contributed by atoms with E-state index in [4.69, 9.17) is 5.73 Å². The molecule has 0 aliphatic heterocycles. The topological polar surface area (TPSA) is 38.0 Å². The van der Waals surface area contributed by atoms with Gasteiger partial charge in [-0.25, -0.2) is 0 Å². The van der Waals surface area contributed by atoms with Gasteiger partial charge in [0.15, 0.2) is 0 Å². The van der Waals surface area contributed by atoms with E-state index in [1.807, 2.05) is 0 Å². The summed E-state index contributed by atoms with van der Waals surface area (Å²) in [5.41, 5.74) is 5.47. The standard InChI is InChI=1S/C24H51N2/c1-2-3-4-5-6-7-8-9-10-11-12-13-14-15-16-17-18-19-20-23-26-24-21-22-25/h18,26H,2-17,19-25H2,1H3. The van der Waals surface area contributed by atoms with Crippen molar-refractivity contribution in [2.24, 2.45) is 5.73 Å². The molecule has 0 rings (SSSR count). The summed E-state index contributed by atoms with van der Waals surface area (Å²) in [6.45, 7) is 5.33. The summed E-state index contributed by atoms with van der Waals surface area (Å²) in [7, 11) is 0. The van der Waals surface area contributed by atoms with Gasteiger partial charge in [0.2, 0.25) is 0 Å². The second kappa shape index (κ2) is 24.9. The number of nitrogens with two attached hydrogens (primary N) is 1. The van der Waals surface area contributed by atoms with E-state index in [1.54, 1.807) is 0 Å². The maximum absolute atomic E-state index is 5.47. The van der Waals surface area contributed by atoms with Crippen molar-refractivity contribution in [2.45, 2.75) is 129 Å². The Morgan fingerprint density at radius 3 is 1.46 bits per heavy atom. The van der Waals surface area contributed by atoms with Crippen LogP contribution in [-0.2, 0) is 0 Å². The molecule has 1 radical (unpaired) electrons. The Hall–Kier alpha value is -0.0800. The summed E-state index contributed by atoms with van der Waals surface area (Å²) in [6, 6.07) is 0. The molecule has 26 heavy (non-hydrogen) atoms. The number of hydrogen-bond acceptors (Lipinski definition) is 2. The molecule has 0 unspecified atom stereocenters. The molecule has 0 aromatic carbocycles. The molecule has 0 fully saturated rings. The van der Waals surface area contributed by atoms with Crippen LogP contribution in [0.3, 0.4) is 0 Å². The molecule has 0 aromatic heterocycles. The van der Waals surface area contributed by atoms with Crippen molar-refractivity contribution in [3.05, 3.63) is 6.42 Å². The van der Waals surface area contributed by atoms with Crippen molar-refractivity contribution < 1.29 is 0 Å². The molecule has 0 bridgehead atoms. The van der Waals surface area contributed by atoms with E-state index in [2.05, 4.69) is 18.7 Å². The van der Waals surface area contributed by atoms with Crippen molar-refractivity contribution in [2.75, 3.05) is 19.6 Å². The summed E-state index contributed by atoms with van der Waals surface area (Å²) in [5, 5.41) is 3.44. The summed E-state index contributed by atoms with van der Waals surface area (Å²) < 4.78 is 0. The van der Waals surface area contributed by atoms with Gasteiger partial charge in [-0.2, -0.15) is 0 Å². The minimum Gasteiger partial charge on any atom is -0.330 e. The lowest BCUT2D eigenvalue weighted by Gasteiger charge is -2.04. The quantitative estimate of drug-likeness (QED) is 0.188.